The van der Waals surface area contributed by atoms with Crippen molar-refractivity contribution in [3.8, 4) is 11.1 Å². The zero-order valence-electron chi connectivity index (χ0n) is 32.4. The molecule has 0 amide bonds. The molecule has 0 saturated carbocycles. The van der Waals surface area contributed by atoms with Crippen LogP contribution in [0.2, 0.25) is 0 Å². The summed E-state index contributed by atoms with van der Waals surface area (Å²) < 4.78 is 8.26. The number of rotatable bonds is 2. The van der Waals surface area contributed by atoms with E-state index >= 15 is 0 Å². The van der Waals surface area contributed by atoms with Crippen LogP contribution >= 0.6 is 11.3 Å². The minimum Gasteiger partial charge on any atom is -0.454 e. The molecule has 10 aromatic rings. The molecule has 0 bridgehead atoms. The molecule has 2 aliphatic rings. The molecule has 1 aliphatic carbocycles. The molecule has 0 saturated heterocycles. The van der Waals surface area contributed by atoms with Crippen LogP contribution in [0, 0.1) is 6.92 Å². The first-order valence-electron chi connectivity index (χ1n) is 20.0. The third kappa shape index (κ3) is 4.35. The number of aromatic nitrogens is 1. The van der Waals surface area contributed by atoms with Crippen LogP contribution in [-0.4, -0.2) is 12.3 Å². The van der Waals surface area contributed by atoms with Crippen molar-refractivity contribution in [2.45, 2.75) is 58.3 Å². The third-order valence-electron chi connectivity index (χ3n) is 13.4. The van der Waals surface area contributed by atoms with Gasteiger partial charge < -0.3 is 14.3 Å². The van der Waals surface area contributed by atoms with Gasteiger partial charge in [-0.25, -0.2) is 0 Å². The van der Waals surface area contributed by atoms with E-state index in [-0.39, 0.29) is 10.8 Å². The lowest BCUT2D eigenvalue weighted by molar-refractivity contribution is 0.332. The summed E-state index contributed by atoms with van der Waals surface area (Å²) in [7, 11) is 0.797. The van der Waals surface area contributed by atoms with Crippen LogP contribution < -0.4 is 15.8 Å². The van der Waals surface area contributed by atoms with Crippen molar-refractivity contribution < 1.29 is 4.42 Å². The van der Waals surface area contributed by atoms with Gasteiger partial charge in [-0.1, -0.05) is 130 Å². The van der Waals surface area contributed by atoms with Crippen molar-refractivity contribution in [2.24, 2.45) is 0 Å². The molecular weight excluding hydrogens is 699 g/mol. The number of thiophene rings is 1. The topological polar surface area (TPSA) is 32.2 Å². The van der Waals surface area contributed by atoms with Gasteiger partial charge in [0.1, 0.15) is 10.4 Å². The summed E-state index contributed by atoms with van der Waals surface area (Å²) in [6.45, 7) is 12.1. The van der Waals surface area contributed by atoms with Crippen LogP contribution in [0.3, 0.4) is 0 Å². The van der Waals surface area contributed by atoms with E-state index in [2.05, 4.69) is 166 Å². The molecule has 1 N–H and O–H groups in total. The maximum atomic E-state index is 6.94. The van der Waals surface area contributed by atoms with Gasteiger partial charge in [0.15, 0.2) is 12.9 Å². The molecule has 3 nitrogen and oxygen atoms in total. The molecule has 7 aromatic carbocycles. The maximum absolute atomic E-state index is 6.94. The molecule has 4 heterocycles. The molecule has 5 heteroatoms. The lowest BCUT2D eigenvalue weighted by atomic mass is 9.57. The monoisotopic (exact) mass is 740 g/mol. The van der Waals surface area contributed by atoms with Crippen molar-refractivity contribution >= 4 is 111 Å². The average Bonchev–Trinajstić information content (AvgIpc) is 3.88. The van der Waals surface area contributed by atoms with E-state index in [1.54, 1.807) is 0 Å². The predicted molar refractivity (Wildman–Crippen MR) is 243 cm³/mol. The highest BCUT2D eigenvalue weighted by atomic mass is 32.1. The van der Waals surface area contributed by atoms with Gasteiger partial charge in [0, 0.05) is 54.0 Å². The number of anilines is 3. The van der Waals surface area contributed by atoms with Crippen LogP contribution in [0.5, 0.6) is 0 Å². The number of nitrogens with zero attached hydrogens (tertiary/aromatic N) is 1. The maximum Gasteiger partial charge on any atom is 0.198 e. The Balaban J connectivity index is 1.21. The van der Waals surface area contributed by atoms with E-state index in [9.17, 15) is 0 Å². The number of furan rings is 1. The number of aryl methyl sites for hydroxylation is 1. The van der Waals surface area contributed by atoms with E-state index in [0.717, 1.165) is 41.3 Å². The molecule has 0 fully saturated rings. The fourth-order valence-corrected chi connectivity index (χ4v) is 11.5. The molecule has 3 aromatic heterocycles. The number of aromatic amines is 1. The van der Waals surface area contributed by atoms with Crippen molar-refractivity contribution in [1.29, 1.82) is 0 Å². The Bertz CT molecular complexity index is 3320. The number of H-pyrrole nitrogens is 1. The molecule has 0 atom stereocenters. The van der Waals surface area contributed by atoms with Crippen LogP contribution in [0.1, 0.15) is 57.2 Å². The number of hydrogen-bond donors (Lipinski definition) is 1. The van der Waals surface area contributed by atoms with Gasteiger partial charge in [0.05, 0.1) is 11.2 Å². The van der Waals surface area contributed by atoms with E-state index in [4.69, 9.17) is 4.42 Å². The molecule has 0 unspecified atom stereocenters. The Morgan fingerprint density at radius 2 is 1.38 bits per heavy atom. The Morgan fingerprint density at radius 3 is 2.21 bits per heavy atom. The van der Waals surface area contributed by atoms with Gasteiger partial charge in [-0.15, -0.1) is 11.3 Å². The summed E-state index contributed by atoms with van der Waals surface area (Å²) in [6, 6.07) is 45.4. The number of nitrogens with one attached hydrogen (secondary N) is 1. The summed E-state index contributed by atoms with van der Waals surface area (Å²) in [5.74, 6) is 0. The molecule has 0 spiro atoms. The van der Waals surface area contributed by atoms with Crippen LogP contribution in [0.25, 0.3) is 75.0 Å². The minimum atomic E-state index is 0.0599. The molecule has 1 aliphatic heterocycles. The second-order valence-electron chi connectivity index (χ2n) is 17.6. The summed E-state index contributed by atoms with van der Waals surface area (Å²) in [6.07, 6.45) is 2.35. The minimum absolute atomic E-state index is 0.0599. The SMILES string of the molecule is Cc1cc2c(cc1N1c3c(c(-c4cccc5c4[nH]c4sc6ccccc6c45)cc4ccccc34)Bc3ccc4c(oc5ccccc54)c31)C(C)(C)CCC2(C)C. The van der Waals surface area contributed by atoms with Gasteiger partial charge in [0.25, 0.3) is 0 Å². The van der Waals surface area contributed by atoms with Gasteiger partial charge in [-0.3, -0.25) is 0 Å². The molecule has 12 rings (SSSR count). The van der Waals surface area contributed by atoms with Crippen molar-refractivity contribution in [1.82, 2.24) is 4.98 Å². The highest BCUT2D eigenvalue weighted by molar-refractivity contribution is 7.25. The van der Waals surface area contributed by atoms with Gasteiger partial charge in [-0.05, 0) is 88.0 Å². The molecule has 0 radical (unpaired) electrons. The first kappa shape index (κ1) is 32.5. The zero-order valence-corrected chi connectivity index (χ0v) is 33.2. The Labute approximate surface area is 330 Å². The second-order valence-corrected chi connectivity index (χ2v) is 18.7. The van der Waals surface area contributed by atoms with Crippen LogP contribution in [0.4, 0.5) is 17.1 Å². The van der Waals surface area contributed by atoms with Crippen molar-refractivity contribution in [3.05, 3.63) is 138 Å². The Hall–Kier alpha value is -5.78. The van der Waals surface area contributed by atoms with E-state index in [1.165, 1.54) is 98.5 Å². The van der Waals surface area contributed by atoms with Crippen molar-refractivity contribution in [3.63, 3.8) is 0 Å². The highest BCUT2D eigenvalue weighted by Gasteiger charge is 2.40. The molecule has 270 valence electrons. The summed E-state index contributed by atoms with van der Waals surface area (Å²) in [4.78, 5) is 7.78. The summed E-state index contributed by atoms with van der Waals surface area (Å²) in [5, 5.41) is 8.74. The number of benzene rings is 7. The average molecular weight is 741 g/mol. The number of fused-ring (bicyclic) bond motifs is 14. The fraction of sp³-hybridized carbons (Fsp3) is 0.176. The largest absolute Gasteiger partial charge is 0.454 e. The predicted octanol–water partition coefficient (Wildman–Crippen LogP) is 13.1. The first-order valence-corrected chi connectivity index (χ1v) is 20.8. The van der Waals surface area contributed by atoms with E-state index in [0.29, 0.717) is 0 Å². The first-order chi connectivity index (χ1) is 27.2. The highest BCUT2D eigenvalue weighted by Crippen LogP contribution is 2.52. The molecular formula is C51H41BN2OS. The third-order valence-corrected chi connectivity index (χ3v) is 14.5. The quantitative estimate of drug-likeness (QED) is 0.179. The second kappa shape index (κ2) is 11.2. The van der Waals surface area contributed by atoms with Gasteiger partial charge >= 0.3 is 0 Å². The van der Waals surface area contributed by atoms with Gasteiger partial charge in [-0.2, -0.15) is 0 Å². The number of hydrogen-bond acceptors (Lipinski definition) is 3. The lowest BCUT2D eigenvalue weighted by Gasteiger charge is -2.44. The normalized spacial score (nSPS) is 15.8. The Morgan fingerprint density at radius 1 is 0.661 bits per heavy atom. The fourth-order valence-electron chi connectivity index (χ4n) is 10.4. The van der Waals surface area contributed by atoms with Crippen LogP contribution in [-0.2, 0) is 10.8 Å². The van der Waals surface area contributed by atoms with Crippen molar-refractivity contribution in [2.75, 3.05) is 4.90 Å². The summed E-state index contributed by atoms with van der Waals surface area (Å²) >= 11 is 1.85. The standard InChI is InChI=1S/C51H41BN2OS/c1-28-25-37-38(51(4,5)24-23-50(37,2)3)27-40(28)54-46-30-14-7-6-13-29(30)26-36(32-17-12-18-35-43-34-16-9-11-20-42(34)56-49(43)53-45(32)35)44(46)52-39-22-21-33-31-15-8-10-19-41(31)55-48(33)47(39)54/h6-22,25-27,52-53H,23-24H2,1-5H3. The number of para-hydroxylation sites is 2. The summed E-state index contributed by atoms with van der Waals surface area (Å²) in [5.41, 5.74) is 16.3. The zero-order chi connectivity index (χ0) is 37.7. The van der Waals surface area contributed by atoms with E-state index in [1.807, 2.05) is 11.3 Å². The smallest absolute Gasteiger partial charge is 0.198 e. The van der Waals surface area contributed by atoms with Crippen LogP contribution in [0.15, 0.2) is 126 Å². The van der Waals surface area contributed by atoms with E-state index < -0.39 is 0 Å². The lowest BCUT2D eigenvalue weighted by Crippen LogP contribution is -2.41. The van der Waals surface area contributed by atoms with Gasteiger partial charge in [0.2, 0.25) is 0 Å². The Kier molecular flexibility index (Phi) is 6.48. The molecule has 56 heavy (non-hydrogen) atoms.